The Morgan fingerprint density at radius 3 is 3.00 bits per heavy atom. The number of anilines is 1. The summed E-state index contributed by atoms with van der Waals surface area (Å²) in [4.78, 5) is 0. The molecule has 0 amide bonds. The summed E-state index contributed by atoms with van der Waals surface area (Å²) in [6.07, 6.45) is 0. The van der Waals surface area contributed by atoms with E-state index in [0.29, 0.717) is 11.8 Å². The van der Waals surface area contributed by atoms with Gasteiger partial charge in [0.2, 0.25) is 11.9 Å². The first-order chi connectivity index (χ1) is 4.79. The summed E-state index contributed by atoms with van der Waals surface area (Å²) in [7, 11) is 0. The first-order valence-corrected chi connectivity index (χ1v) is 4.23. The van der Waals surface area contributed by atoms with E-state index in [2.05, 4.69) is 15.9 Å². The molecule has 0 aliphatic carbocycles. The standard InChI is InChI=1S/C5H4BrNO2S/c6-2-3-5(9-1-8-3)10-4(2)7/h1,7H2. The molecule has 10 heavy (non-hydrogen) atoms. The Hall–Kier alpha value is -0.420. The van der Waals surface area contributed by atoms with Crippen LogP contribution in [0.5, 0.6) is 10.8 Å². The van der Waals surface area contributed by atoms with E-state index < -0.39 is 0 Å². The van der Waals surface area contributed by atoms with Gasteiger partial charge in [0.1, 0.15) is 5.00 Å². The number of hydrogen-bond acceptors (Lipinski definition) is 4. The number of rotatable bonds is 0. The van der Waals surface area contributed by atoms with E-state index in [1.807, 2.05) is 0 Å². The summed E-state index contributed by atoms with van der Waals surface area (Å²) in [5.74, 6) is 0.738. The largest absolute Gasteiger partial charge is 0.451 e. The smallest absolute Gasteiger partial charge is 0.232 e. The molecule has 0 saturated carbocycles. The van der Waals surface area contributed by atoms with Gasteiger partial charge in [-0.3, -0.25) is 0 Å². The van der Waals surface area contributed by atoms with Gasteiger partial charge in [-0.05, 0) is 15.9 Å². The monoisotopic (exact) mass is 221 g/mol. The molecule has 1 aliphatic heterocycles. The molecule has 0 fully saturated rings. The van der Waals surface area contributed by atoms with Crippen molar-refractivity contribution in [3.8, 4) is 10.8 Å². The molecule has 2 N–H and O–H groups in total. The maximum Gasteiger partial charge on any atom is 0.232 e. The zero-order chi connectivity index (χ0) is 7.14. The van der Waals surface area contributed by atoms with Crippen LogP contribution in [0.4, 0.5) is 5.00 Å². The van der Waals surface area contributed by atoms with Gasteiger partial charge in [-0.2, -0.15) is 0 Å². The first kappa shape index (κ1) is 6.30. The Morgan fingerprint density at radius 1 is 1.50 bits per heavy atom. The maximum atomic E-state index is 5.56. The molecule has 0 spiro atoms. The quantitative estimate of drug-likeness (QED) is 0.728. The van der Waals surface area contributed by atoms with Crippen LogP contribution in [0.15, 0.2) is 4.47 Å². The van der Waals surface area contributed by atoms with Crippen molar-refractivity contribution in [1.82, 2.24) is 0 Å². The normalized spacial score (nSPS) is 14.1. The second-order valence-electron chi connectivity index (χ2n) is 1.80. The van der Waals surface area contributed by atoms with Crippen LogP contribution in [0, 0.1) is 0 Å². The molecule has 0 bridgehead atoms. The van der Waals surface area contributed by atoms with Crippen LogP contribution >= 0.6 is 27.3 Å². The van der Waals surface area contributed by atoms with Crippen molar-refractivity contribution in [2.24, 2.45) is 0 Å². The number of nitrogens with two attached hydrogens (primary N) is 1. The lowest BCUT2D eigenvalue weighted by molar-refractivity contribution is 0.175. The Kier molecular flexibility index (Phi) is 1.28. The minimum atomic E-state index is 0.306. The summed E-state index contributed by atoms with van der Waals surface area (Å²) >= 11 is 4.67. The van der Waals surface area contributed by atoms with E-state index in [4.69, 9.17) is 15.2 Å². The predicted molar refractivity (Wildman–Crippen MR) is 42.6 cm³/mol. The number of nitrogen functional groups attached to an aromatic ring is 1. The van der Waals surface area contributed by atoms with Crippen molar-refractivity contribution in [1.29, 1.82) is 0 Å². The van der Waals surface area contributed by atoms with Crippen LogP contribution < -0.4 is 15.2 Å². The Labute approximate surface area is 69.9 Å². The minimum absolute atomic E-state index is 0.306. The van der Waals surface area contributed by atoms with Crippen molar-refractivity contribution in [2.45, 2.75) is 0 Å². The summed E-state index contributed by atoms with van der Waals surface area (Å²) in [5.41, 5.74) is 5.56. The van der Waals surface area contributed by atoms with Crippen LogP contribution in [-0.2, 0) is 0 Å². The third kappa shape index (κ3) is 0.705. The fourth-order valence-corrected chi connectivity index (χ4v) is 2.16. The third-order valence-corrected chi connectivity index (χ3v) is 3.16. The van der Waals surface area contributed by atoms with Gasteiger partial charge in [0.25, 0.3) is 0 Å². The second-order valence-corrected chi connectivity index (χ2v) is 3.61. The van der Waals surface area contributed by atoms with E-state index in [-0.39, 0.29) is 0 Å². The fourth-order valence-electron chi connectivity index (χ4n) is 0.752. The lowest BCUT2D eigenvalue weighted by Gasteiger charge is -1.91. The van der Waals surface area contributed by atoms with E-state index in [1.54, 1.807) is 0 Å². The van der Waals surface area contributed by atoms with Gasteiger partial charge in [0.05, 0.1) is 4.47 Å². The zero-order valence-corrected chi connectivity index (χ0v) is 7.29. The van der Waals surface area contributed by atoms with Gasteiger partial charge in [-0.1, -0.05) is 11.3 Å². The zero-order valence-electron chi connectivity index (χ0n) is 4.89. The van der Waals surface area contributed by atoms with Crippen molar-refractivity contribution >= 4 is 32.3 Å². The number of halogens is 1. The molecule has 3 nitrogen and oxygen atoms in total. The molecule has 0 saturated heterocycles. The topological polar surface area (TPSA) is 44.5 Å². The summed E-state index contributed by atoms with van der Waals surface area (Å²) in [6, 6.07) is 0. The summed E-state index contributed by atoms with van der Waals surface area (Å²) < 4.78 is 11.0. The molecule has 54 valence electrons. The Morgan fingerprint density at radius 2 is 2.30 bits per heavy atom. The third-order valence-electron chi connectivity index (χ3n) is 1.20. The van der Waals surface area contributed by atoms with Gasteiger partial charge >= 0.3 is 0 Å². The van der Waals surface area contributed by atoms with E-state index in [9.17, 15) is 0 Å². The van der Waals surface area contributed by atoms with Gasteiger partial charge in [-0.15, -0.1) is 0 Å². The fraction of sp³-hybridized carbons (Fsp3) is 0.200. The highest BCUT2D eigenvalue weighted by Gasteiger charge is 2.22. The highest BCUT2D eigenvalue weighted by atomic mass is 79.9. The van der Waals surface area contributed by atoms with E-state index in [0.717, 1.165) is 15.3 Å². The Bertz CT molecular complexity index is 273. The second kappa shape index (κ2) is 2.03. The van der Waals surface area contributed by atoms with Crippen molar-refractivity contribution in [3.63, 3.8) is 0 Å². The maximum absolute atomic E-state index is 5.56. The SMILES string of the molecule is Nc1sc2c(c1Br)OCO2. The summed E-state index contributed by atoms with van der Waals surface area (Å²) in [5, 5.41) is 1.47. The number of ether oxygens (including phenoxy) is 2. The molecule has 1 aromatic rings. The van der Waals surface area contributed by atoms with Crippen molar-refractivity contribution in [3.05, 3.63) is 4.47 Å². The molecule has 5 heteroatoms. The van der Waals surface area contributed by atoms with Gasteiger partial charge in [0, 0.05) is 0 Å². The summed E-state index contributed by atoms with van der Waals surface area (Å²) in [6.45, 7) is 0.306. The van der Waals surface area contributed by atoms with Crippen LogP contribution in [0.1, 0.15) is 0 Å². The highest BCUT2D eigenvalue weighted by Crippen LogP contribution is 2.49. The van der Waals surface area contributed by atoms with E-state index in [1.165, 1.54) is 11.3 Å². The number of thiophene rings is 1. The highest BCUT2D eigenvalue weighted by molar-refractivity contribution is 9.10. The van der Waals surface area contributed by atoms with Crippen LogP contribution in [0.25, 0.3) is 0 Å². The number of hydrogen-bond donors (Lipinski definition) is 1. The molecule has 2 heterocycles. The molecular formula is C5H4BrNO2S. The van der Waals surface area contributed by atoms with Crippen LogP contribution in [-0.4, -0.2) is 6.79 Å². The van der Waals surface area contributed by atoms with Crippen LogP contribution in [0.3, 0.4) is 0 Å². The molecule has 1 aromatic heterocycles. The molecule has 2 rings (SSSR count). The van der Waals surface area contributed by atoms with Gasteiger partial charge in [0.15, 0.2) is 5.75 Å². The molecule has 0 unspecified atom stereocenters. The lowest BCUT2D eigenvalue weighted by Crippen LogP contribution is -1.94. The first-order valence-electron chi connectivity index (χ1n) is 2.62. The van der Waals surface area contributed by atoms with Crippen molar-refractivity contribution in [2.75, 3.05) is 12.5 Å². The van der Waals surface area contributed by atoms with Gasteiger partial charge < -0.3 is 15.2 Å². The molecule has 0 aromatic carbocycles. The molecule has 1 aliphatic rings. The molecule has 0 atom stereocenters. The van der Waals surface area contributed by atoms with Gasteiger partial charge in [-0.25, -0.2) is 0 Å². The molecule has 0 radical (unpaired) electrons. The van der Waals surface area contributed by atoms with E-state index >= 15 is 0 Å². The lowest BCUT2D eigenvalue weighted by atomic mass is 10.5. The van der Waals surface area contributed by atoms with Crippen molar-refractivity contribution < 1.29 is 9.47 Å². The average Bonchev–Trinajstić information content (AvgIpc) is 2.41. The van der Waals surface area contributed by atoms with Crippen LogP contribution in [0.2, 0.25) is 0 Å². The molecular weight excluding hydrogens is 218 g/mol. The predicted octanol–water partition coefficient (Wildman–Crippen LogP) is 1.82. The minimum Gasteiger partial charge on any atom is -0.451 e. The average molecular weight is 222 g/mol. The Balaban J connectivity index is 2.59. The number of fused-ring (bicyclic) bond motifs is 1.